The molecule has 0 amide bonds. The van der Waals surface area contributed by atoms with Gasteiger partial charge < -0.3 is 13.9 Å². The molecule has 2 aromatic rings. The number of nitrogens with zero attached hydrogens (tertiary/aromatic N) is 2. The largest absolute Gasteiger partial charge is 0.496 e. The van der Waals surface area contributed by atoms with Crippen molar-refractivity contribution in [3.05, 3.63) is 30.0 Å². The van der Waals surface area contributed by atoms with Crippen LogP contribution in [0.3, 0.4) is 0 Å². The molecular weight excluding hydrogens is 348 g/mol. The first kappa shape index (κ1) is 22.0. The predicted octanol–water partition coefficient (Wildman–Crippen LogP) is 6.17. The molecule has 0 aliphatic heterocycles. The van der Waals surface area contributed by atoms with E-state index in [0.29, 0.717) is 16.6 Å². The van der Waals surface area contributed by atoms with Crippen LogP contribution in [-0.4, -0.2) is 44.6 Å². The van der Waals surface area contributed by atoms with E-state index in [9.17, 15) is 0 Å². The molecule has 0 aliphatic carbocycles. The molecule has 4 heteroatoms. The Kier molecular flexibility index (Phi) is 7.20. The number of aromatic nitrogens is 1. The van der Waals surface area contributed by atoms with Crippen molar-refractivity contribution in [3.8, 4) is 5.75 Å². The van der Waals surface area contributed by atoms with Crippen LogP contribution in [0.2, 0.25) is 16.6 Å². The first-order valence-electron chi connectivity index (χ1n) is 10.6. The van der Waals surface area contributed by atoms with E-state index < -0.39 is 8.24 Å². The summed E-state index contributed by atoms with van der Waals surface area (Å²) in [4.78, 5) is 2.39. The van der Waals surface area contributed by atoms with E-state index in [4.69, 9.17) is 4.74 Å². The minimum Gasteiger partial charge on any atom is -0.496 e. The highest BCUT2D eigenvalue weighted by Crippen LogP contribution is 2.46. The molecule has 3 nitrogen and oxygen atoms in total. The van der Waals surface area contributed by atoms with Gasteiger partial charge in [-0.2, -0.15) is 0 Å². The van der Waals surface area contributed by atoms with Gasteiger partial charge in [0, 0.05) is 17.4 Å². The van der Waals surface area contributed by atoms with Crippen molar-refractivity contribution in [3.63, 3.8) is 0 Å². The average Bonchev–Trinajstić information content (AvgIpc) is 2.98. The number of hydrogen-bond donors (Lipinski definition) is 0. The Hall–Kier alpha value is -1.26. The topological polar surface area (TPSA) is 17.4 Å². The Balaban J connectivity index is 2.76. The number of benzene rings is 1. The summed E-state index contributed by atoms with van der Waals surface area (Å²) in [6.45, 7) is 19.0. The van der Waals surface area contributed by atoms with Gasteiger partial charge in [-0.1, -0.05) is 54.5 Å². The summed E-state index contributed by atoms with van der Waals surface area (Å²) in [5.74, 6) is 1.01. The first-order valence-corrected chi connectivity index (χ1v) is 12.8. The number of fused-ring (bicyclic) bond motifs is 1. The molecule has 0 saturated heterocycles. The van der Waals surface area contributed by atoms with Gasteiger partial charge in [0.05, 0.1) is 7.11 Å². The highest BCUT2D eigenvalue weighted by Gasteiger charge is 2.46. The summed E-state index contributed by atoms with van der Waals surface area (Å²) in [7, 11) is 2.20. The van der Waals surface area contributed by atoms with Crippen LogP contribution in [-0.2, 0) is 6.42 Å². The molecule has 0 atom stereocenters. The van der Waals surface area contributed by atoms with Crippen LogP contribution in [0.4, 0.5) is 0 Å². The fraction of sp³-hybridized carbons (Fsp3) is 0.652. The van der Waals surface area contributed by atoms with Gasteiger partial charge in [0.1, 0.15) is 5.75 Å². The van der Waals surface area contributed by atoms with Crippen LogP contribution >= 0.6 is 0 Å². The zero-order valence-electron chi connectivity index (χ0n) is 19.0. The maximum Gasteiger partial charge on any atom is 0.169 e. The molecule has 0 radical (unpaired) electrons. The molecule has 0 N–H and O–H groups in total. The van der Waals surface area contributed by atoms with Crippen LogP contribution in [0.15, 0.2) is 24.4 Å². The Morgan fingerprint density at radius 3 is 2.11 bits per heavy atom. The van der Waals surface area contributed by atoms with E-state index in [1.165, 1.54) is 16.5 Å². The fourth-order valence-corrected chi connectivity index (χ4v) is 12.0. The average molecular weight is 389 g/mol. The highest BCUT2D eigenvalue weighted by molar-refractivity contribution is 6.82. The van der Waals surface area contributed by atoms with Gasteiger partial charge in [-0.25, -0.2) is 0 Å². The molecule has 0 fully saturated rings. The summed E-state index contributed by atoms with van der Waals surface area (Å²) in [5.41, 5.74) is 4.81. The minimum absolute atomic E-state index is 0.672. The summed E-state index contributed by atoms with van der Waals surface area (Å²) >= 11 is 0. The van der Waals surface area contributed by atoms with Gasteiger partial charge >= 0.3 is 0 Å². The summed E-state index contributed by atoms with van der Waals surface area (Å²) in [5, 5.41) is 1.32. The van der Waals surface area contributed by atoms with Crippen molar-refractivity contribution in [2.24, 2.45) is 0 Å². The van der Waals surface area contributed by atoms with Crippen LogP contribution < -0.4 is 4.74 Å². The van der Waals surface area contributed by atoms with Gasteiger partial charge in [0.2, 0.25) is 0 Å². The second kappa shape index (κ2) is 8.83. The van der Waals surface area contributed by atoms with E-state index in [1.54, 1.807) is 7.11 Å². The van der Waals surface area contributed by atoms with E-state index in [0.717, 1.165) is 25.3 Å². The lowest BCUT2D eigenvalue weighted by Crippen LogP contribution is -2.51. The maximum atomic E-state index is 5.80. The molecule has 0 bridgehead atoms. The van der Waals surface area contributed by atoms with Crippen molar-refractivity contribution in [2.45, 2.75) is 71.5 Å². The van der Waals surface area contributed by atoms with E-state index in [1.807, 2.05) is 0 Å². The zero-order valence-corrected chi connectivity index (χ0v) is 20.0. The number of rotatable bonds is 9. The number of likely N-dealkylation sites (N-methyl/N-ethyl adjacent to an activating group) is 1. The van der Waals surface area contributed by atoms with Crippen molar-refractivity contribution in [1.29, 1.82) is 0 Å². The Morgan fingerprint density at radius 1 is 1.04 bits per heavy atom. The third-order valence-corrected chi connectivity index (χ3v) is 13.3. The molecule has 0 unspecified atom stereocenters. The zero-order chi connectivity index (χ0) is 20.4. The molecule has 27 heavy (non-hydrogen) atoms. The SMILES string of the molecule is CCN(C)CCc1cn([Si](C(C)C)(C(C)C)C(C)C)c2cccc(OC)c12. The lowest BCUT2D eigenvalue weighted by Gasteiger charge is -2.44. The Labute approximate surface area is 167 Å². The molecule has 152 valence electrons. The lowest BCUT2D eigenvalue weighted by molar-refractivity contribution is 0.357. The molecule has 1 heterocycles. The van der Waals surface area contributed by atoms with Gasteiger partial charge in [-0.3, -0.25) is 0 Å². The standard InChI is InChI=1S/C23H40N2OSi/c1-10-24(8)15-14-20-16-25(21-12-11-13-22(26-9)23(20)21)27(17(2)3,18(4)5)19(6)7/h11-13,16-19H,10,14-15H2,1-9H3. The van der Waals surface area contributed by atoms with Crippen molar-refractivity contribution >= 4 is 19.1 Å². The Morgan fingerprint density at radius 2 is 1.63 bits per heavy atom. The molecule has 2 rings (SSSR count). The normalized spacial score (nSPS) is 12.9. The van der Waals surface area contributed by atoms with Crippen molar-refractivity contribution < 1.29 is 4.74 Å². The highest BCUT2D eigenvalue weighted by atomic mass is 28.3. The summed E-state index contributed by atoms with van der Waals surface area (Å²) in [6, 6.07) is 6.57. The number of methoxy groups -OCH3 is 1. The lowest BCUT2D eigenvalue weighted by atomic mass is 10.1. The first-order chi connectivity index (χ1) is 12.7. The minimum atomic E-state index is -1.80. The monoisotopic (exact) mass is 388 g/mol. The van der Waals surface area contributed by atoms with Gasteiger partial charge in [0.25, 0.3) is 0 Å². The molecule has 1 aromatic carbocycles. The maximum absolute atomic E-state index is 5.80. The molecule has 0 aliphatic rings. The van der Waals surface area contributed by atoms with Crippen LogP contribution in [0, 0.1) is 0 Å². The summed E-state index contributed by atoms with van der Waals surface area (Å²) in [6.07, 6.45) is 3.55. The van der Waals surface area contributed by atoms with Gasteiger partial charge in [0.15, 0.2) is 8.24 Å². The third kappa shape index (κ3) is 3.84. The number of hydrogen-bond acceptors (Lipinski definition) is 2. The van der Waals surface area contributed by atoms with Gasteiger partial charge in [-0.05, 0) is 60.5 Å². The smallest absolute Gasteiger partial charge is 0.169 e. The van der Waals surface area contributed by atoms with E-state index in [-0.39, 0.29) is 0 Å². The predicted molar refractivity (Wildman–Crippen MR) is 122 cm³/mol. The molecule has 0 saturated carbocycles. The molecular formula is C23H40N2OSi. The molecule has 1 aromatic heterocycles. The van der Waals surface area contributed by atoms with Crippen molar-refractivity contribution in [1.82, 2.24) is 9.13 Å². The second-order valence-corrected chi connectivity index (χ2v) is 14.6. The second-order valence-electron chi connectivity index (χ2n) is 8.88. The molecule has 0 spiro atoms. The fourth-order valence-electron chi connectivity index (χ4n) is 5.32. The van der Waals surface area contributed by atoms with E-state index in [2.05, 4.69) is 89.0 Å². The van der Waals surface area contributed by atoms with Crippen molar-refractivity contribution in [2.75, 3.05) is 27.2 Å². The summed E-state index contributed by atoms with van der Waals surface area (Å²) < 4.78 is 8.53. The van der Waals surface area contributed by atoms with E-state index >= 15 is 0 Å². The third-order valence-electron chi connectivity index (χ3n) is 6.58. The van der Waals surface area contributed by atoms with Crippen LogP contribution in [0.1, 0.15) is 54.0 Å². The van der Waals surface area contributed by atoms with Crippen LogP contribution in [0.5, 0.6) is 5.75 Å². The quantitative estimate of drug-likeness (QED) is 0.478. The number of ether oxygens (including phenoxy) is 1. The Bertz CT molecular complexity index is 726. The van der Waals surface area contributed by atoms with Crippen LogP contribution in [0.25, 0.3) is 10.9 Å². The van der Waals surface area contributed by atoms with Gasteiger partial charge in [-0.15, -0.1) is 0 Å².